The van der Waals surface area contributed by atoms with Gasteiger partial charge in [0.05, 0.1) is 26.4 Å². The fraction of sp³-hybridized carbons (Fsp3) is 0.944. The van der Waals surface area contributed by atoms with Crippen LogP contribution in [-0.4, -0.2) is 96.7 Å². The minimum absolute atomic E-state index is 0.106. The summed E-state index contributed by atoms with van der Waals surface area (Å²) in [6.07, 6.45) is 48.5. The Morgan fingerprint density at radius 3 is 0.844 bits per heavy atom. The van der Waals surface area contributed by atoms with E-state index in [1.54, 1.807) is 0 Å². The molecule has 0 heterocycles. The maximum Gasteiger partial charge on any atom is 0.472 e. The van der Waals surface area contributed by atoms with Crippen molar-refractivity contribution in [3.8, 4) is 0 Å². The Kier molecular flexibility index (Phi) is 61.8. The van der Waals surface area contributed by atoms with Crippen LogP contribution < -0.4 is 0 Å². The van der Waals surface area contributed by atoms with E-state index in [2.05, 4.69) is 41.5 Å². The molecule has 0 rings (SSSR count). The van der Waals surface area contributed by atoms with Gasteiger partial charge in [-0.15, -0.1) is 0 Å². The predicted octanol–water partition coefficient (Wildman–Crippen LogP) is 20.4. The Balaban J connectivity index is 5.25. The van der Waals surface area contributed by atoms with Crippen LogP contribution in [-0.2, 0) is 65.4 Å². The van der Waals surface area contributed by atoms with Crippen LogP contribution in [0.5, 0.6) is 0 Å². The lowest BCUT2D eigenvalue weighted by Crippen LogP contribution is -2.30. The van der Waals surface area contributed by atoms with Gasteiger partial charge in [0.1, 0.15) is 19.3 Å². The SMILES string of the molecule is CCCCCCCCCCCCCCCCCC(=O)O[C@H](COC(=O)CCCCCCCCCCCCC(C)CC)COP(=O)(O)OC[C@@H](O)COP(=O)(O)OC[C@@H](COC(=O)CCCCCCCCCC(C)C)OC(=O)CCCCCCCCCCCCC. The zero-order chi connectivity index (χ0) is 66.5. The Morgan fingerprint density at radius 2 is 0.567 bits per heavy atom. The van der Waals surface area contributed by atoms with Crippen molar-refractivity contribution in [2.45, 2.75) is 381 Å². The van der Waals surface area contributed by atoms with Gasteiger partial charge in [-0.25, -0.2) is 9.13 Å². The number of rotatable bonds is 70. The van der Waals surface area contributed by atoms with Crippen molar-refractivity contribution in [2.24, 2.45) is 11.8 Å². The number of aliphatic hydroxyl groups is 1. The van der Waals surface area contributed by atoms with Crippen LogP contribution in [0, 0.1) is 11.8 Å². The molecule has 17 nitrogen and oxygen atoms in total. The standard InChI is InChI=1S/C71H138O17P2/c1-7-10-12-14-16-18-20-21-22-23-25-31-37-44-50-56-71(76)87-66(59-81-68(73)53-47-41-35-29-27-26-28-34-40-46-52-64(6)9-3)61-85-89(77,78)83-57-65(72)58-84-90(79,80)86-62-67(60-82-69(74)54-48-42-38-32-33-39-45-51-63(4)5)88-70(75)55-49-43-36-30-24-19-17-15-13-11-8-2/h63-67,72H,7-62H2,1-6H3,(H,77,78)(H,79,80)/t64?,65-,66-,67-/m1/s1. The summed E-state index contributed by atoms with van der Waals surface area (Å²) in [5, 5.41) is 10.6. The fourth-order valence-corrected chi connectivity index (χ4v) is 12.3. The summed E-state index contributed by atoms with van der Waals surface area (Å²) in [4.78, 5) is 72.6. The lowest BCUT2D eigenvalue weighted by molar-refractivity contribution is -0.161. The van der Waals surface area contributed by atoms with Gasteiger partial charge < -0.3 is 33.8 Å². The zero-order valence-electron chi connectivity index (χ0n) is 58.4. The minimum Gasteiger partial charge on any atom is -0.462 e. The normalized spacial score (nSPS) is 14.4. The maximum absolute atomic E-state index is 13.0. The quantitative estimate of drug-likeness (QED) is 0.0222. The number of ether oxygens (including phenoxy) is 4. The number of carbonyl (C=O) groups excluding carboxylic acids is 4. The second kappa shape index (κ2) is 63.1. The number of esters is 4. The van der Waals surface area contributed by atoms with Gasteiger partial charge in [0.2, 0.25) is 0 Å². The molecule has 0 aromatic carbocycles. The van der Waals surface area contributed by atoms with E-state index in [4.69, 9.17) is 37.0 Å². The smallest absolute Gasteiger partial charge is 0.462 e. The largest absolute Gasteiger partial charge is 0.472 e. The van der Waals surface area contributed by atoms with Gasteiger partial charge in [-0.3, -0.25) is 37.3 Å². The molecule has 0 spiro atoms. The highest BCUT2D eigenvalue weighted by molar-refractivity contribution is 7.47. The molecule has 0 aliphatic rings. The van der Waals surface area contributed by atoms with Crippen LogP contribution in [0.15, 0.2) is 0 Å². The lowest BCUT2D eigenvalue weighted by atomic mass is 9.99. The first-order chi connectivity index (χ1) is 43.4. The van der Waals surface area contributed by atoms with Gasteiger partial charge in [-0.2, -0.15) is 0 Å². The van der Waals surface area contributed by atoms with Crippen LogP contribution in [0.2, 0.25) is 0 Å². The minimum atomic E-state index is -4.95. The number of unbranched alkanes of at least 4 members (excludes halogenated alkanes) is 39. The van der Waals surface area contributed by atoms with Gasteiger partial charge in [0.25, 0.3) is 0 Å². The van der Waals surface area contributed by atoms with E-state index in [1.807, 2.05) is 0 Å². The molecule has 534 valence electrons. The highest BCUT2D eigenvalue weighted by Gasteiger charge is 2.30. The number of hydrogen-bond donors (Lipinski definition) is 3. The van der Waals surface area contributed by atoms with Crippen LogP contribution in [0.3, 0.4) is 0 Å². The number of phosphoric ester groups is 2. The molecule has 0 aromatic heterocycles. The van der Waals surface area contributed by atoms with E-state index < -0.39 is 97.5 Å². The second-order valence-electron chi connectivity index (χ2n) is 26.3. The Bertz CT molecular complexity index is 1750. The van der Waals surface area contributed by atoms with Crippen molar-refractivity contribution in [3.63, 3.8) is 0 Å². The molecule has 0 bridgehead atoms. The first-order valence-corrected chi connectivity index (χ1v) is 40.0. The lowest BCUT2D eigenvalue weighted by Gasteiger charge is -2.21. The Labute approximate surface area is 549 Å². The molecule has 0 amide bonds. The third-order valence-electron chi connectivity index (χ3n) is 16.8. The van der Waals surface area contributed by atoms with Gasteiger partial charge >= 0.3 is 39.5 Å². The van der Waals surface area contributed by atoms with Crippen molar-refractivity contribution >= 4 is 39.5 Å². The second-order valence-corrected chi connectivity index (χ2v) is 29.3. The Morgan fingerprint density at radius 1 is 0.322 bits per heavy atom. The summed E-state index contributed by atoms with van der Waals surface area (Å²) in [5.74, 6) is -0.607. The number of phosphoric acid groups is 2. The number of aliphatic hydroxyl groups excluding tert-OH is 1. The molecule has 3 N–H and O–H groups in total. The summed E-state index contributed by atoms with van der Waals surface area (Å²) in [5.41, 5.74) is 0. The van der Waals surface area contributed by atoms with Crippen LogP contribution in [0.1, 0.15) is 363 Å². The number of hydrogen-bond acceptors (Lipinski definition) is 15. The molecule has 6 atom stereocenters. The van der Waals surface area contributed by atoms with Gasteiger partial charge in [0, 0.05) is 25.7 Å². The molecule has 19 heteroatoms. The summed E-state index contributed by atoms with van der Waals surface area (Å²) in [6.45, 7) is 9.53. The molecule has 0 aliphatic heterocycles. The molecule has 0 fully saturated rings. The summed E-state index contributed by atoms with van der Waals surface area (Å²) < 4.78 is 68.3. The highest BCUT2D eigenvalue weighted by Crippen LogP contribution is 2.45. The van der Waals surface area contributed by atoms with Gasteiger partial charge in [-0.05, 0) is 37.5 Å². The van der Waals surface area contributed by atoms with Crippen molar-refractivity contribution in [3.05, 3.63) is 0 Å². The third-order valence-corrected chi connectivity index (χ3v) is 18.7. The first-order valence-electron chi connectivity index (χ1n) is 37.0. The van der Waals surface area contributed by atoms with Crippen molar-refractivity contribution < 1.29 is 80.2 Å². The average molecular weight is 1330 g/mol. The van der Waals surface area contributed by atoms with E-state index in [0.717, 1.165) is 102 Å². The fourth-order valence-electron chi connectivity index (χ4n) is 10.7. The van der Waals surface area contributed by atoms with E-state index in [-0.39, 0.29) is 25.7 Å². The van der Waals surface area contributed by atoms with Crippen LogP contribution in [0.4, 0.5) is 0 Å². The predicted molar refractivity (Wildman–Crippen MR) is 363 cm³/mol. The highest BCUT2D eigenvalue weighted by atomic mass is 31.2. The molecule has 0 aliphatic carbocycles. The zero-order valence-corrected chi connectivity index (χ0v) is 60.2. The summed E-state index contributed by atoms with van der Waals surface area (Å²) in [6, 6.07) is 0. The molecule has 90 heavy (non-hydrogen) atoms. The summed E-state index contributed by atoms with van der Waals surface area (Å²) >= 11 is 0. The summed E-state index contributed by atoms with van der Waals surface area (Å²) in [7, 11) is -9.90. The first kappa shape index (κ1) is 88.1. The van der Waals surface area contributed by atoms with E-state index >= 15 is 0 Å². The molecular formula is C71H138O17P2. The molecule has 0 aromatic rings. The van der Waals surface area contributed by atoms with Crippen molar-refractivity contribution in [1.29, 1.82) is 0 Å². The molecule has 0 saturated heterocycles. The third kappa shape index (κ3) is 63.5. The molecular weight excluding hydrogens is 1190 g/mol. The number of carbonyl (C=O) groups is 4. The van der Waals surface area contributed by atoms with Gasteiger partial charge in [0.15, 0.2) is 12.2 Å². The Hall–Kier alpha value is -1.94. The van der Waals surface area contributed by atoms with Crippen LogP contribution >= 0.6 is 15.6 Å². The molecule has 3 unspecified atom stereocenters. The van der Waals surface area contributed by atoms with Gasteiger partial charge in [-0.1, -0.05) is 311 Å². The van der Waals surface area contributed by atoms with Crippen molar-refractivity contribution in [1.82, 2.24) is 0 Å². The topological polar surface area (TPSA) is 237 Å². The van der Waals surface area contributed by atoms with E-state index in [9.17, 15) is 43.2 Å². The monoisotopic (exact) mass is 1320 g/mol. The molecule has 0 saturated carbocycles. The van der Waals surface area contributed by atoms with E-state index in [1.165, 1.54) is 173 Å². The maximum atomic E-state index is 13.0. The van der Waals surface area contributed by atoms with Crippen LogP contribution in [0.25, 0.3) is 0 Å². The average Bonchev–Trinajstić information content (AvgIpc) is 3.66. The molecule has 0 radical (unpaired) electrons. The van der Waals surface area contributed by atoms with Crippen molar-refractivity contribution in [2.75, 3.05) is 39.6 Å². The van der Waals surface area contributed by atoms with E-state index in [0.29, 0.717) is 31.6 Å².